The molecule has 0 N–H and O–H groups in total. The fraction of sp³-hybridized carbons (Fsp3) is 0.300. The molecule has 1 aromatic heterocycles. The maximum atomic E-state index is 11.9. The molecule has 0 aliphatic carbocycles. The van der Waals surface area contributed by atoms with E-state index in [0.717, 1.165) is 36.8 Å². The lowest BCUT2D eigenvalue weighted by Gasteiger charge is -2.03. The van der Waals surface area contributed by atoms with E-state index in [-0.39, 0.29) is 5.97 Å². The summed E-state index contributed by atoms with van der Waals surface area (Å²) in [5.41, 5.74) is 2.28. The summed E-state index contributed by atoms with van der Waals surface area (Å²) in [5, 5.41) is 0. The number of carbonyl (C=O) groups excluding carboxylic acids is 1. The van der Waals surface area contributed by atoms with Crippen molar-refractivity contribution in [1.29, 1.82) is 0 Å². The van der Waals surface area contributed by atoms with Crippen molar-refractivity contribution >= 4 is 17.1 Å². The predicted octanol–water partition coefficient (Wildman–Crippen LogP) is 5.37. The molecule has 0 bridgehead atoms. The van der Waals surface area contributed by atoms with E-state index in [1.165, 1.54) is 0 Å². The van der Waals surface area contributed by atoms with Crippen LogP contribution in [0.3, 0.4) is 0 Å². The SMILES string of the molecule is CCCCCCC(=O)Oc1ccc2nc(-c3ccccc3)oc2c1. The monoisotopic (exact) mass is 323 g/mol. The quantitative estimate of drug-likeness (QED) is 0.333. The first-order valence-corrected chi connectivity index (χ1v) is 8.43. The molecule has 0 aliphatic rings. The van der Waals surface area contributed by atoms with Gasteiger partial charge in [-0.15, -0.1) is 0 Å². The standard InChI is InChI=1S/C20H21NO3/c1-2-3-4-8-11-19(22)23-16-12-13-17-18(14-16)24-20(21-17)15-9-6-5-7-10-15/h5-7,9-10,12-14H,2-4,8,11H2,1H3. The number of rotatable bonds is 7. The lowest BCUT2D eigenvalue weighted by atomic mass is 10.1. The van der Waals surface area contributed by atoms with E-state index in [1.54, 1.807) is 12.1 Å². The number of aromatic nitrogens is 1. The Morgan fingerprint density at radius 3 is 2.71 bits per heavy atom. The van der Waals surface area contributed by atoms with Gasteiger partial charge in [0.1, 0.15) is 11.3 Å². The number of unbranched alkanes of at least 4 members (excludes halogenated alkanes) is 3. The molecule has 0 spiro atoms. The maximum Gasteiger partial charge on any atom is 0.311 e. The second-order valence-electron chi connectivity index (χ2n) is 5.80. The van der Waals surface area contributed by atoms with E-state index < -0.39 is 0 Å². The number of ether oxygens (including phenoxy) is 1. The van der Waals surface area contributed by atoms with Gasteiger partial charge in [0.2, 0.25) is 5.89 Å². The summed E-state index contributed by atoms with van der Waals surface area (Å²) < 4.78 is 11.2. The zero-order valence-corrected chi connectivity index (χ0v) is 13.8. The van der Waals surface area contributed by atoms with Gasteiger partial charge in [0.05, 0.1) is 0 Å². The Bertz CT molecular complexity index is 808. The topological polar surface area (TPSA) is 52.3 Å². The summed E-state index contributed by atoms with van der Waals surface area (Å²) in [6.07, 6.45) is 4.69. The molecule has 0 saturated carbocycles. The van der Waals surface area contributed by atoms with Gasteiger partial charge in [-0.2, -0.15) is 0 Å². The van der Waals surface area contributed by atoms with Gasteiger partial charge in [-0.3, -0.25) is 4.79 Å². The molecule has 1 heterocycles. The highest BCUT2D eigenvalue weighted by Gasteiger charge is 2.10. The average Bonchev–Trinajstić information content (AvgIpc) is 3.03. The number of benzene rings is 2. The number of nitrogens with zero attached hydrogens (tertiary/aromatic N) is 1. The van der Waals surface area contributed by atoms with Crippen LogP contribution in [0.25, 0.3) is 22.6 Å². The fourth-order valence-electron chi connectivity index (χ4n) is 2.55. The number of hydrogen-bond donors (Lipinski definition) is 0. The minimum atomic E-state index is -0.201. The van der Waals surface area contributed by atoms with Crippen LogP contribution < -0.4 is 4.74 Å². The minimum Gasteiger partial charge on any atom is -0.436 e. The largest absolute Gasteiger partial charge is 0.436 e. The smallest absolute Gasteiger partial charge is 0.311 e. The van der Waals surface area contributed by atoms with E-state index in [9.17, 15) is 4.79 Å². The number of oxazole rings is 1. The fourth-order valence-corrected chi connectivity index (χ4v) is 2.55. The second kappa shape index (κ2) is 7.77. The Balaban J connectivity index is 1.69. The molecule has 0 fully saturated rings. The highest BCUT2D eigenvalue weighted by Crippen LogP contribution is 2.27. The van der Waals surface area contributed by atoms with Crippen molar-refractivity contribution in [3.63, 3.8) is 0 Å². The molecular formula is C20H21NO3. The highest BCUT2D eigenvalue weighted by molar-refractivity contribution is 5.79. The van der Waals surface area contributed by atoms with Crippen LogP contribution in [-0.4, -0.2) is 11.0 Å². The molecule has 0 radical (unpaired) electrons. The van der Waals surface area contributed by atoms with E-state index in [4.69, 9.17) is 9.15 Å². The van der Waals surface area contributed by atoms with E-state index in [1.807, 2.05) is 36.4 Å². The van der Waals surface area contributed by atoms with Crippen LogP contribution in [0.1, 0.15) is 39.0 Å². The van der Waals surface area contributed by atoms with E-state index >= 15 is 0 Å². The van der Waals surface area contributed by atoms with Crippen molar-refractivity contribution in [2.24, 2.45) is 0 Å². The number of carbonyl (C=O) groups is 1. The van der Waals surface area contributed by atoms with Crippen molar-refractivity contribution < 1.29 is 13.9 Å². The Labute approximate surface area is 141 Å². The Morgan fingerprint density at radius 1 is 1.08 bits per heavy atom. The van der Waals surface area contributed by atoms with Crippen LogP contribution in [0.5, 0.6) is 5.75 Å². The molecule has 4 nitrogen and oxygen atoms in total. The first kappa shape index (κ1) is 16.2. The molecule has 24 heavy (non-hydrogen) atoms. The summed E-state index contributed by atoms with van der Waals surface area (Å²) in [4.78, 5) is 16.3. The van der Waals surface area contributed by atoms with E-state index in [2.05, 4.69) is 11.9 Å². The molecule has 0 unspecified atom stereocenters. The van der Waals surface area contributed by atoms with Crippen LogP contribution in [0.4, 0.5) is 0 Å². The van der Waals surface area contributed by atoms with Gasteiger partial charge in [-0.25, -0.2) is 4.98 Å². The van der Waals surface area contributed by atoms with Crippen molar-refractivity contribution in [2.45, 2.75) is 39.0 Å². The lowest BCUT2D eigenvalue weighted by Crippen LogP contribution is -2.07. The highest BCUT2D eigenvalue weighted by atomic mass is 16.5. The van der Waals surface area contributed by atoms with Gasteiger partial charge in [-0.1, -0.05) is 44.4 Å². The van der Waals surface area contributed by atoms with Crippen LogP contribution in [-0.2, 0) is 4.79 Å². The van der Waals surface area contributed by atoms with Gasteiger partial charge < -0.3 is 9.15 Å². The number of fused-ring (bicyclic) bond motifs is 1. The zero-order valence-electron chi connectivity index (χ0n) is 13.8. The molecule has 124 valence electrons. The molecule has 0 atom stereocenters. The van der Waals surface area contributed by atoms with Crippen molar-refractivity contribution in [1.82, 2.24) is 4.98 Å². The minimum absolute atomic E-state index is 0.201. The van der Waals surface area contributed by atoms with Crippen molar-refractivity contribution in [3.05, 3.63) is 48.5 Å². The molecule has 0 aliphatic heterocycles. The number of hydrogen-bond acceptors (Lipinski definition) is 4. The molecule has 0 saturated heterocycles. The maximum absolute atomic E-state index is 11.9. The Hall–Kier alpha value is -2.62. The van der Waals surface area contributed by atoms with Gasteiger partial charge >= 0.3 is 5.97 Å². The predicted molar refractivity (Wildman–Crippen MR) is 93.8 cm³/mol. The van der Waals surface area contributed by atoms with Crippen LogP contribution in [0.2, 0.25) is 0 Å². The summed E-state index contributed by atoms with van der Waals surface area (Å²) in [6, 6.07) is 15.0. The molecule has 0 amide bonds. The van der Waals surface area contributed by atoms with Gasteiger partial charge in [0, 0.05) is 18.1 Å². The van der Waals surface area contributed by atoms with Crippen LogP contribution in [0.15, 0.2) is 52.9 Å². The summed E-state index contributed by atoms with van der Waals surface area (Å²) in [7, 11) is 0. The average molecular weight is 323 g/mol. The van der Waals surface area contributed by atoms with Crippen LogP contribution >= 0.6 is 0 Å². The lowest BCUT2D eigenvalue weighted by molar-refractivity contribution is -0.134. The summed E-state index contributed by atoms with van der Waals surface area (Å²) in [5.74, 6) is 0.862. The summed E-state index contributed by atoms with van der Waals surface area (Å²) in [6.45, 7) is 2.15. The third-order valence-electron chi connectivity index (χ3n) is 3.85. The Kier molecular flexibility index (Phi) is 5.26. The number of esters is 1. The molecule has 3 aromatic rings. The molecular weight excluding hydrogens is 302 g/mol. The molecule has 2 aromatic carbocycles. The molecule has 4 heteroatoms. The Morgan fingerprint density at radius 2 is 1.92 bits per heavy atom. The normalized spacial score (nSPS) is 10.9. The van der Waals surface area contributed by atoms with Gasteiger partial charge in [0.15, 0.2) is 5.58 Å². The second-order valence-corrected chi connectivity index (χ2v) is 5.80. The first-order valence-electron chi connectivity index (χ1n) is 8.43. The van der Waals surface area contributed by atoms with Crippen molar-refractivity contribution in [3.8, 4) is 17.2 Å². The summed E-state index contributed by atoms with van der Waals surface area (Å²) >= 11 is 0. The van der Waals surface area contributed by atoms with Crippen LogP contribution in [0, 0.1) is 0 Å². The van der Waals surface area contributed by atoms with Crippen molar-refractivity contribution in [2.75, 3.05) is 0 Å². The molecule has 3 rings (SSSR count). The third kappa shape index (κ3) is 4.02. The first-order chi connectivity index (χ1) is 11.8. The third-order valence-corrected chi connectivity index (χ3v) is 3.85. The van der Waals surface area contributed by atoms with Gasteiger partial charge in [-0.05, 0) is 30.7 Å². The van der Waals surface area contributed by atoms with E-state index in [0.29, 0.717) is 23.6 Å². The zero-order chi connectivity index (χ0) is 16.8. The van der Waals surface area contributed by atoms with Gasteiger partial charge in [0.25, 0.3) is 0 Å².